The number of hydrogen-bond acceptors (Lipinski definition) is 4. The van der Waals surface area contributed by atoms with Gasteiger partial charge >= 0.3 is 35.1 Å². The molecule has 0 saturated carbocycles. The third-order valence-corrected chi connectivity index (χ3v) is 2.65. The summed E-state index contributed by atoms with van der Waals surface area (Å²) >= 11 is 3.12. The first-order chi connectivity index (χ1) is 5.91. The fourth-order valence-corrected chi connectivity index (χ4v) is 1.50. The average molecular weight is 287 g/mol. The summed E-state index contributed by atoms with van der Waals surface area (Å²) in [6, 6.07) is 5.66. The van der Waals surface area contributed by atoms with E-state index in [9.17, 15) is 14.6 Å². The Labute approximate surface area is 112 Å². The zero-order valence-corrected chi connectivity index (χ0v) is 11.8. The number of halogens is 1. The second-order valence-corrected chi connectivity index (χ2v) is 4.70. The summed E-state index contributed by atoms with van der Waals surface area (Å²) in [5.74, 6) is 0. The summed E-state index contributed by atoms with van der Waals surface area (Å²) in [6.07, 6.45) is 0. The normalized spacial score (nSPS) is 10.6. The van der Waals surface area contributed by atoms with Crippen molar-refractivity contribution in [3.63, 3.8) is 0 Å². The van der Waals surface area contributed by atoms with E-state index < -0.39 is 13.5 Å². The third-order valence-electron chi connectivity index (χ3n) is 1.35. The zero-order valence-electron chi connectivity index (χ0n) is 7.31. The molecule has 1 aromatic rings. The van der Waals surface area contributed by atoms with E-state index in [1.165, 1.54) is 24.3 Å². The molecule has 0 heterocycles. The molecule has 0 spiro atoms. The van der Waals surface area contributed by atoms with Gasteiger partial charge in [0.1, 0.15) is 7.94 Å². The molecule has 0 aromatic heterocycles. The molecule has 7 heteroatoms. The van der Waals surface area contributed by atoms with E-state index in [0.29, 0.717) is 0 Å². The molecule has 0 aliphatic heterocycles. The molecule has 0 aliphatic rings. The first kappa shape index (κ1) is 14.7. The van der Waals surface area contributed by atoms with Crippen LogP contribution in [-0.4, -0.2) is 10.4 Å². The van der Waals surface area contributed by atoms with E-state index in [1.54, 1.807) is 0 Å². The summed E-state index contributed by atoms with van der Waals surface area (Å²) in [6.45, 7) is 0. The van der Waals surface area contributed by atoms with Crippen LogP contribution < -0.4 is 39.3 Å². The monoisotopic (exact) mass is 286 g/mol. The van der Waals surface area contributed by atoms with Crippen molar-refractivity contribution >= 4 is 29.4 Å². The molecule has 0 atom stereocenters. The van der Waals surface area contributed by atoms with Crippen molar-refractivity contribution in [2.75, 3.05) is 0 Å². The van der Waals surface area contributed by atoms with Gasteiger partial charge in [-0.2, -0.15) is 0 Å². The molecule has 0 amide bonds. The van der Waals surface area contributed by atoms with Crippen LogP contribution in [0.5, 0.6) is 0 Å². The molecule has 1 N–H and O–H groups in total. The minimum Gasteiger partial charge on any atom is -0.653 e. The molecular formula is C7H5BrNaO4P. The summed E-state index contributed by atoms with van der Waals surface area (Å²) in [7, 11) is -4.90. The Morgan fingerprint density at radius 2 is 1.71 bits per heavy atom. The summed E-state index contributed by atoms with van der Waals surface area (Å²) < 4.78 is 0.725. The second kappa shape index (κ2) is 5.68. The number of benzene rings is 1. The Balaban J connectivity index is 0.00000169. The largest absolute Gasteiger partial charge is 1.00 e. The predicted molar refractivity (Wildman–Crippen MR) is 47.6 cm³/mol. The predicted octanol–water partition coefficient (Wildman–Crippen LogP) is -2.93. The Kier molecular flexibility index (Phi) is 5.95. The average Bonchev–Trinajstić information content (AvgIpc) is 2.03. The molecule has 1 aromatic carbocycles. The van der Waals surface area contributed by atoms with Gasteiger partial charge in [0.15, 0.2) is 0 Å². The van der Waals surface area contributed by atoms with Gasteiger partial charge in [-0.3, -0.25) is 4.89 Å². The molecule has 0 radical (unpaired) electrons. The van der Waals surface area contributed by atoms with E-state index in [0.717, 1.165) is 4.47 Å². The van der Waals surface area contributed by atoms with Gasteiger partial charge < -0.3 is 9.79 Å². The molecule has 0 bridgehead atoms. The molecule has 1 rings (SSSR count). The van der Waals surface area contributed by atoms with Crippen LogP contribution in [0.25, 0.3) is 0 Å². The van der Waals surface area contributed by atoms with Crippen LogP contribution in [-0.2, 0) is 0 Å². The SMILES string of the molecule is O=C(c1ccc(Br)cc1)[P+]([O-])([O-])O.[Na+]. The maximum Gasteiger partial charge on any atom is 1.00 e. The van der Waals surface area contributed by atoms with Crippen LogP contribution in [0.4, 0.5) is 0 Å². The van der Waals surface area contributed by atoms with E-state index in [2.05, 4.69) is 15.9 Å². The Morgan fingerprint density at radius 3 is 2.07 bits per heavy atom. The molecule has 0 saturated heterocycles. The Hall–Kier alpha value is 0.680. The minimum absolute atomic E-state index is 0. The van der Waals surface area contributed by atoms with Crippen molar-refractivity contribution in [1.82, 2.24) is 0 Å². The first-order valence-electron chi connectivity index (χ1n) is 3.25. The number of rotatable bonds is 2. The molecule has 14 heavy (non-hydrogen) atoms. The minimum atomic E-state index is -4.90. The second-order valence-electron chi connectivity index (χ2n) is 2.33. The van der Waals surface area contributed by atoms with Gasteiger partial charge in [0, 0.05) is 4.47 Å². The molecule has 0 unspecified atom stereocenters. The maximum atomic E-state index is 10.9. The fourth-order valence-electron chi connectivity index (χ4n) is 0.756. The molecule has 70 valence electrons. The van der Waals surface area contributed by atoms with Gasteiger partial charge in [-0.25, -0.2) is 4.79 Å². The van der Waals surface area contributed by atoms with Crippen molar-refractivity contribution in [2.45, 2.75) is 0 Å². The van der Waals surface area contributed by atoms with Gasteiger partial charge in [0.05, 0.1) is 5.56 Å². The van der Waals surface area contributed by atoms with Crippen LogP contribution in [0.1, 0.15) is 10.4 Å². The standard InChI is InChI=1S/C7H6BrO4P.Na/c8-6-3-1-5(2-4-6)7(9)13(10,11)12;/h1-4H,(H2,10,11,12);/q;+1/p-1. The van der Waals surface area contributed by atoms with Crippen molar-refractivity contribution < 1.29 is 49.0 Å². The van der Waals surface area contributed by atoms with Gasteiger partial charge in [-0.1, -0.05) is 15.9 Å². The van der Waals surface area contributed by atoms with Crippen LogP contribution in [0, 0.1) is 0 Å². The number of carbonyl (C=O) groups excluding carboxylic acids is 1. The van der Waals surface area contributed by atoms with Crippen LogP contribution in [0.3, 0.4) is 0 Å². The Bertz CT molecular complexity index is 321. The summed E-state index contributed by atoms with van der Waals surface area (Å²) in [5.41, 5.74) is -1.32. The Morgan fingerprint density at radius 1 is 1.29 bits per heavy atom. The summed E-state index contributed by atoms with van der Waals surface area (Å²) in [4.78, 5) is 40.3. The van der Waals surface area contributed by atoms with Gasteiger partial charge in [0.25, 0.3) is 0 Å². The topological polar surface area (TPSA) is 83.4 Å². The molecule has 0 aliphatic carbocycles. The van der Waals surface area contributed by atoms with E-state index in [1.807, 2.05) is 0 Å². The number of carbonyl (C=O) groups is 1. The van der Waals surface area contributed by atoms with Gasteiger partial charge in [-0.15, -0.1) is 0 Å². The van der Waals surface area contributed by atoms with Crippen LogP contribution >= 0.6 is 23.9 Å². The molecular weight excluding hydrogens is 282 g/mol. The van der Waals surface area contributed by atoms with Crippen LogP contribution in [0.15, 0.2) is 28.7 Å². The third kappa shape index (κ3) is 4.04. The number of hydrogen-bond donors (Lipinski definition) is 1. The van der Waals surface area contributed by atoms with Gasteiger partial charge in [-0.05, 0) is 24.3 Å². The van der Waals surface area contributed by atoms with E-state index in [-0.39, 0.29) is 35.1 Å². The summed E-state index contributed by atoms with van der Waals surface area (Å²) in [5, 5.41) is 0. The molecule has 4 nitrogen and oxygen atoms in total. The molecule has 0 fully saturated rings. The van der Waals surface area contributed by atoms with E-state index in [4.69, 9.17) is 4.89 Å². The van der Waals surface area contributed by atoms with Crippen molar-refractivity contribution in [3.8, 4) is 0 Å². The van der Waals surface area contributed by atoms with Crippen LogP contribution in [0.2, 0.25) is 0 Å². The quantitative estimate of drug-likeness (QED) is 0.466. The van der Waals surface area contributed by atoms with Crippen molar-refractivity contribution in [2.24, 2.45) is 0 Å². The van der Waals surface area contributed by atoms with Gasteiger partial charge in [0.2, 0.25) is 0 Å². The van der Waals surface area contributed by atoms with Crippen molar-refractivity contribution in [1.29, 1.82) is 0 Å². The van der Waals surface area contributed by atoms with Crippen molar-refractivity contribution in [3.05, 3.63) is 34.3 Å². The zero-order chi connectivity index (χ0) is 10.1. The fraction of sp³-hybridized carbons (Fsp3) is 0. The maximum absolute atomic E-state index is 10.9. The smallest absolute Gasteiger partial charge is 0.653 e. The first-order valence-corrected chi connectivity index (χ1v) is 5.62. The van der Waals surface area contributed by atoms with E-state index >= 15 is 0 Å².